The van der Waals surface area contributed by atoms with E-state index in [4.69, 9.17) is 0 Å². The smallest absolute Gasteiger partial charge is 0.322 e. The van der Waals surface area contributed by atoms with Gasteiger partial charge in [-0.3, -0.25) is 4.79 Å². The van der Waals surface area contributed by atoms with Crippen LogP contribution in [0.5, 0.6) is 0 Å². The fraction of sp³-hybridized carbons (Fsp3) is 0.286. The van der Waals surface area contributed by atoms with Gasteiger partial charge in [-0.05, 0) is 59.9 Å². The molecule has 0 aliphatic carbocycles. The van der Waals surface area contributed by atoms with E-state index < -0.39 is 11.7 Å². The van der Waals surface area contributed by atoms with Crippen LogP contribution < -0.4 is 5.32 Å². The molecule has 26 heavy (non-hydrogen) atoms. The van der Waals surface area contributed by atoms with E-state index in [-0.39, 0.29) is 11.3 Å². The number of allylic oxidation sites excluding steroid dienone is 2. The van der Waals surface area contributed by atoms with Crippen LogP contribution in [0.25, 0.3) is 5.57 Å². The van der Waals surface area contributed by atoms with Crippen molar-refractivity contribution in [1.82, 2.24) is 0 Å². The van der Waals surface area contributed by atoms with Crippen molar-refractivity contribution in [2.45, 2.75) is 33.9 Å². The molecule has 0 spiro atoms. The van der Waals surface area contributed by atoms with Crippen LogP contribution in [-0.2, 0) is 6.18 Å². The Labute approximate surface area is 151 Å². The number of carbonyl (C=O) groups excluding carboxylic acids is 1. The fourth-order valence-corrected chi connectivity index (χ4v) is 2.56. The fourth-order valence-electron chi connectivity index (χ4n) is 2.56. The van der Waals surface area contributed by atoms with Gasteiger partial charge in [0.2, 0.25) is 0 Å². The molecule has 2 rings (SSSR count). The summed E-state index contributed by atoms with van der Waals surface area (Å²) in [6.45, 7) is 8.36. The molecule has 0 heterocycles. The first-order valence-electron chi connectivity index (χ1n) is 8.24. The molecule has 0 atom stereocenters. The van der Waals surface area contributed by atoms with Crippen molar-refractivity contribution in [3.05, 3.63) is 71.3 Å². The van der Waals surface area contributed by atoms with Crippen LogP contribution in [-0.4, -0.2) is 5.91 Å². The van der Waals surface area contributed by atoms with E-state index in [1.807, 2.05) is 19.1 Å². The molecule has 0 saturated heterocycles. The Morgan fingerprint density at radius 1 is 0.885 bits per heavy atom. The third kappa shape index (κ3) is 5.48. The summed E-state index contributed by atoms with van der Waals surface area (Å²) in [4.78, 5) is 12.3. The number of hydrogen-bond acceptors (Lipinski definition) is 1. The van der Waals surface area contributed by atoms with E-state index in [2.05, 4.69) is 32.2 Å². The van der Waals surface area contributed by atoms with Crippen LogP contribution >= 0.6 is 0 Å². The normalized spacial score (nSPS) is 12.8. The summed E-state index contributed by atoms with van der Waals surface area (Å²) in [6, 6.07) is 11.5. The summed E-state index contributed by atoms with van der Waals surface area (Å²) in [7, 11) is 0. The Balaban J connectivity index is 2.10. The Morgan fingerprint density at radius 2 is 1.38 bits per heavy atom. The van der Waals surface area contributed by atoms with E-state index in [1.165, 1.54) is 12.1 Å². The maximum atomic E-state index is 12.6. The van der Waals surface area contributed by atoms with Gasteiger partial charge in [0.05, 0.1) is 5.56 Å². The van der Waals surface area contributed by atoms with Crippen molar-refractivity contribution in [2.24, 2.45) is 5.41 Å². The highest BCUT2D eigenvalue weighted by atomic mass is 19.4. The summed E-state index contributed by atoms with van der Waals surface area (Å²) in [5.74, 6) is -0.367. The van der Waals surface area contributed by atoms with Gasteiger partial charge in [-0.25, -0.2) is 0 Å². The minimum Gasteiger partial charge on any atom is -0.322 e. The predicted molar refractivity (Wildman–Crippen MR) is 98.9 cm³/mol. The lowest BCUT2D eigenvalue weighted by Gasteiger charge is -2.14. The van der Waals surface area contributed by atoms with Crippen LogP contribution in [0.4, 0.5) is 18.9 Å². The van der Waals surface area contributed by atoms with Crippen LogP contribution in [0.3, 0.4) is 0 Å². The molecule has 0 unspecified atom stereocenters. The minimum absolute atomic E-state index is 0.0582. The molecule has 0 aliphatic heterocycles. The van der Waals surface area contributed by atoms with Gasteiger partial charge in [-0.15, -0.1) is 0 Å². The van der Waals surface area contributed by atoms with E-state index in [1.54, 1.807) is 12.1 Å². The van der Waals surface area contributed by atoms with Crippen LogP contribution in [0.2, 0.25) is 0 Å². The van der Waals surface area contributed by atoms with E-state index in [0.29, 0.717) is 11.3 Å². The summed E-state index contributed by atoms with van der Waals surface area (Å²) in [6.07, 6.45) is -2.24. The summed E-state index contributed by atoms with van der Waals surface area (Å²) >= 11 is 0. The third-order valence-electron chi connectivity index (χ3n) is 3.72. The number of amides is 1. The Hall–Kier alpha value is -2.56. The molecule has 0 saturated carbocycles. The zero-order valence-electron chi connectivity index (χ0n) is 15.2. The van der Waals surface area contributed by atoms with Gasteiger partial charge in [-0.1, -0.05) is 39.0 Å². The summed E-state index contributed by atoms with van der Waals surface area (Å²) in [5.41, 5.74) is 2.20. The van der Waals surface area contributed by atoms with Crippen molar-refractivity contribution < 1.29 is 18.0 Å². The maximum Gasteiger partial charge on any atom is 0.416 e. The highest BCUT2D eigenvalue weighted by Gasteiger charge is 2.30. The molecule has 2 aromatic carbocycles. The number of halogens is 3. The molecule has 1 N–H and O–H groups in total. The SMILES string of the molecule is C/C(=C\C(C)(C)C)c1ccc(C(=O)Nc2ccc(C(F)(F)F)cc2)cc1. The van der Waals surface area contributed by atoms with Crippen molar-refractivity contribution in [2.75, 3.05) is 5.32 Å². The van der Waals surface area contributed by atoms with E-state index in [9.17, 15) is 18.0 Å². The zero-order valence-corrected chi connectivity index (χ0v) is 15.2. The summed E-state index contributed by atoms with van der Waals surface area (Å²) < 4.78 is 37.7. The number of hydrogen-bond donors (Lipinski definition) is 1. The molecule has 0 aliphatic rings. The molecule has 1 amide bonds. The van der Waals surface area contributed by atoms with Crippen molar-refractivity contribution in [1.29, 1.82) is 0 Å². The van der Waals surface area contributed by atoms with Gasteiger partial charge in [-0.2, -0.15) is 13.2 Å². The number of anilines is 1. The molecule has 0 radical (unpaired) electrons. The van der Waals surface area contributed by atoms with Gasteiger partial charge in [0, 0.05) is 11.3 Å². The Kier molecular flexibility index (Phi) is 5.59. The second-order valence-electron chi connectivity index (χ2n) is 7.30. The van der Waals surface area contributed by atoms with Crippen molar-refractivity contribution in [3.63, 3.8) is 0 Å². The summed E-state index contributed by atoms with van der Waals surface area (Å²) in [5, 5.41) is 2.60. The quantitative estimate of drug-likeness (QED) is 0.673. The highest BCUT2D eigenvalue weighted by Crippen LogP contribution is 2.30. The standard InChI is InChI=1S/C21H22F3NO/c1-14(13-20(2,3)4)15-5-7-16(8-6-15)19(26)25-18-11-9-17(10-12-18)21(22,23)24/h5-13H,1-4H3,(H,25,26)/b14-13+. The number of alkyl halides is 3. The second-order valence-corrected chi connectivity index (χ2v) is 7.30. The maximum absolute atomic E-state index is 12.6. The number of rotatable bonds is 3. The van der Waals surface area contributed by atoms with E-state index in [0.717, 1.165) is 23.3 Å². The molecule has 0 aromatic heterocycles. The molecule has 0 bridgehead atoms. The zero-order chi connectivity index (χ0) is 19.5. The van der Waals surface area contributed by atoms with Gasteiger partial charge in [0.25, 0.3) is 5.91 Å². The lowest BCUT2D eigenvalue weighted by molar-refractivity contribution is -0.137. The topological polar surface area (TPSA) is 29.1 Å². The highest BCUT2D eigenvalue weighted by molar-refractivity contribution is 6.04. The van der Waals surface area contributed by atoms with Gasteiger partial charge < -0.3 is 5.32 Å². The molecule has 0 fully saturated rings. The Morgan fingerprint density at radius 3 is 1.85 bits per heavy atom. The molecule has 2 nitrogen and oxygen atoms in total. The lowest BCUT2D eigenvalue weighted by atomic mass is 9.91. The molecule has 5 heteroatoms. The van der Waals surface area contributed by atoms with Crippen LogP contribution in [0, 0.1) is 5.41 Å². The monoisotopic (exact) mass is 361 g/mol. The molecular weight excluding hydrogens is 339 g/mol. The first-order chi connectivity index (χ1) is 12.0. The molecular formula is C21H22F3NO. The number of carbonyl (C=O) groups is 1. The lowest BCUT2D eigenvalue weighted by Crippen LogP contribution is -2.12. The average Bonchev–Trinajstić information content (AvgIpc) is 2.53. The third-order valence-corrected chi connectivity index (χ3v) is 3.72. The van der Waals surface area contributed by atoms with Gasteiger partial charge in [0.1, 0.15) is 0 Å². The van der Waals surface area contributed by atoms with Gasteiger partial charge >= 0.3 is 6.18 Å². The minimum atomic E-state index is -4.39. The molecule has 138 valence electrons. The second kappa shape index (κ2) is 7.36. The van der Waals surface area contributed by atoms with Crippen LogP contribution in [0.1, 0.15) is 49.2 Å². The first kappa shape index (κ1) is 19.8. The first-order valence-corrected chi connectivity index (χ1v) is 8.24. The van der Waals surface area contributed by atoms with Crippen LogP contribution in [0.15, 0.2) is 54.6 Å². The van der Waals surface area contributed by atoms with Crippen molar-refractivity contribution >= 4 is 17.2 Å². The number of nitrogens with one attached hydrogen (secondary N) is 1. The van der Waals surface area contributed by atoms with Gasteiger partial charge in [0.15, 0.2) is 0 Å². The predicted octanol–water partition coefficient (Wildman–Crippen LogP) is 6.41. The largest absolute Gasteiger partial charge is 0.416 e. The number of benzene rings is 2. The average molecular weight is 361 g/mol. The van der Waals surface area contributed by atoms with Crippen molar-refractivity contribution in [3.8, 4) is 0 Å². The molecule has 2 aromatic rings. The van der Waals surface area contributed by atoms with E-state index >= 15 is 0 Å². The Bertz CT molecular complexity index is 795.